The van der Waals surface area contributed by atoms with Crippen molar-refractivity contribution in [1.82, 2.24) is 0 Å². The molecule has 0 radical (unpaired) electrons. The number of halogens is 1. The number of aryl methyl sites for hydroxylation is 1. The third kappa shape index (κ3) is 5.15. The number of hydrogen-bond donors (Lipinski definition) is 0. The molecule has 19 heavy (non-hydrogen) atoms. The van der Waals surface area contributed by atoms with Gasteiger partial charge in [-0.15, -0.1) is 5.73 Å². The highest BCUT2D eigenvalue weighted by Gasteiger charge is 2.03. The third-order valence-electron chi connectivity index (χ3n) is 2.81. The van der Waals surface area contributed by atoms with Gasteiger partial charge in [-0.05, 0) is 61.8 Å². The minimum atomic E-state index is -0.179. The molecule has 0 bridgehead atoms. The standard InChI is InChI=1S/C17H22FN/c1-5-7-14(3)9-10-19(4)17-12-15(8-6-2)11-16(18)13-17/h5,9-13H,6,8H2,1-4H3/b10-9-. The van der Waals surface area contributed by atoms with E-state index >= 15 is 0 Å². The predicted molar refractivity (Wildman–Crippen MR) is 80.9 cm³/mol. The molecule has 0 aliphatic carbocycles. The van der Waals surface area contributed by atoms with E-state index in [4.69, 9.17) is 0 Å². The molecular formula is C17H22FN. The fourth-order valence-corrected chi connectivity index (χ4v) is 1.86. The first-order valence-electron chi connectivity index (χ1n) is 6.65. The lowest BCUT2D eigenvalue weighted by Crippen LogP contribution is -2.08. The lowest BCUT2D eigenvalue weighted by molar-refractivity contribution is 0.625. The van der Waals surface area contributed by atoms with Gasteiger partial charge in [0.1, 0.15) is 5.82 Å². The highest BCUT2D eigenvalue weighted by atomic mass is 19.1. The van der Waals surface area contributed by atoms with Crippen LogP contribution in [0, 0.1) is 5.82 Å². The minimum absolute atomic E-state index is 0.179. The normalized spacial score (nSPS) is 10.4. The fourth-order valence-electron chi connectivity index (χ4n) is 1.86. The van der Waals surface area contributed by atoms with Crippen LogP contribution in [0.4, 0.5) is 10.1 Å². The lowest BCUT2D eigenvalue weighted by Gasteiger charge is -2.15. The number of hydrogen-bond acceptors (Lipinski definition) is 1. The van der Waals surface area contributed by atoms with Gasteiger partial charge in [0.05, 0.1) is 0 Å². The van der Waals surface area contributed by atoms with Crippen LogP contribution in [0.3, 0.4) is 0 Å². The average molecular weight is 259 g/mol. The van der Waals surface area contributed by atoms with E-state index in [1.165, 1.54) is 0 Å². The van der Waals surface area contributed by atoms with E-state index in [0.717, 1.165) is 29.7 Å². The molecule has 0 saturated heterocycles. The van der Waals surface area contributed by atoms with E-state index in [-0.39, 0.29) is 5.82 Å². The number of allylic oxidation sites excluding steroid dienone is 2. The fraction of sp³-hybridized carbons (Fsp3) is 0.353. The number of rotatable bonds is 5. The molecule has 0 N–H and O–H groups in total. The summed E-state index contributed by atoms with van der Waals surface area (Å²) in [5.74, 6) is -0.179. The van der Waals surface area contributed by atoms with Crippen LogP contribution in [0.1, 0.15) is 32.8 Å². The molecule has 102 valence electrons. The van der Waals surface area contributed by atoms with E-state index < -0.39 is 0 Å². The summed E-state index contributed by atoms with van der Waals surface area (Å²) >= 11 is 0. The number of anilines is 1. The Morgan fingerprint density at radius 2 is 2.11 bits per heavy atom. The van der Waals surface area contributed by atoms with Gasteiger partial charge in [-0.1, -0.05) is 13.3 Å². The van der Waals surface area contributed by atoms with Crippen molar-refractivity contribution < 1.29 is 4.39 Å². The maximum absolute atomic E-state index is 13.6. The Hall–Kier alpha value is -1.79. The van der Waals surface area contributed by atoms with Gasteiger partial charge in [0.2, 0.25) is 0 Å². The highest BCUT2D eigenvalue weighted by molar-refractivity contribution is 5.51. The van der Waals surface area contributed by atoms with Crippen LogP contribution in [-0.4, -0.2) is 7.05 Å². The van der Waals surface area contributed by atoms with Crippen molar-refractivity contribution in [2.24, 2.45) is 0 Å². The van der Waals surface area contributed by atoms with Crippen molar-refractivity contribution in [2.45, 2.75) is 33.6 Å². The molecule has 1 aromatic carbocycles. The van der Waals surface area contributed by atoms with Crippen LogP contribution in [0.15, 0.2) is 47.9 Å². The Morgan fingerprint density at radius 3 is 2.74 bits per heavy atom. The Bertz CT molecular complexity index is 508. The van der Waals surface area contributed by atoms with E-state index in [2.05, 4.69) is 12.7 Å². The largest absolute Gasteiger partial charge is 0.351 e. The molecule has 0 aromatic heterocycles. The maximum Gasteiger partial charge on any atom is 0.125 e. The lowest BCUT2D eigenvalue weighted by atomic mass is 10.1. The summed E-state index contributed by atoms with van der Waals surface area (Å²) in [6.45, 7) is 6.02. The van der Waals surface area contributed by atoms with Gasteiger partial charge in [-0.2, -0.15) is 0 Å². The molecule has 0 unspecified atom stereocenters. The van der Waals surface area contributed by atoms with E-state index in [9.17, 15) is 4.39 Å². The second-order valence-corrected chi connectivity index (χ2v) is 4.61. The summed E-state index contributed by atoms with van der Waals surface area (Å²) in [5.41, 5.74) is 6.05. The first-order chi connectivity index (χ1) is 9.06. The van der Waals surface area contributed by atoms with E-state index in [1.807, 2.05) is 50.2 Å². The topological polar surface area (TPSA) is 3.24 Å². The zero-order valence-electron chi connectivity index (χ0n) is 12.2. The summed E-state index contributed by atoms with van der Waals surface area (Å²) < 4.78 is 13.6. The third-order valence-corrected chi connectivity index (χ3v) is 2.81. The number of benzene rings is 1. The molecule has 0 heterocycles. The Kier molecular flexibility index (Phi) is 6.11. The van der Waals surface area contributed by atoms with Crippen LogP contribution >= 0.6 is 0 Å². The van der Waals surface area contributed by atoms with Gasteiger partial charge in [0, 0.05) is 18.9 Å². The van der Waals surface area contributed by atoms with Crippen LogP contribution < -0.4 is 4.90 Å². The van der Waals surface area contributed by atoms with Gasteiger partial charge >= 0.3 is 0 Å². The molecule has 0 amide bonds. The predicted octanol–water partition coefficient (Wildman–Crippen LogP) is 4.85. The maximum atomic E-state index is 13.6. The Labute approximate surface area is 115 Å². The molecule has 0 aliphatic rings. The van der Waals surface area contributed by atoms with Gasteiger partial charge in [0.15, 0.2) is 0 Å². The molecular weight excluding hydrogens is 237 g/mol. The van der Waals surface area contributed by atoms with Gasteiger partial charge in [-0.3, -0.25) is 0 Å². The van der Waals surface area contributed by atoms with Crippen molar-refractivity contribution in [3.63, 3.8) is 0 Å². The summed E-state index contributed by atoms with van der Waals surface area (Å²) in [5, 5.41) is 0. The molecule has 1 aromatic rings. The second-order valence-electron chi connectivity index (χ2n) is 4.61. The highest BCUT2D eigenvalue weighted by Crippen LogP contribution is 2.19. The van der Waals surface area contributed by atoms with Crippen molar-refractivity contribution in [2.75, 3.05) is 11.9 Å². The molecule has 1 nitrogen and oxygen atoms in total. The van der Waals surface area contributed by atoms with Crippen molar-refractivity contribution in [1.29, 1.82) is 0 Å². The van der Waals surface area contributed by atoms with Crippen molar-refractivity contribution in [3.05, 3.63) is 59.2 Å². The summed E-state index contributed by atoms with van der Waals surface area (Å²) in [7, 11) is 1.92. The average Bonchev–Trinajstić information content (AvgIpc) is 2.36. The Balaban J connectivity index is 2.93. The second kappa shape index (κ2) is 7.60. The van der Waals surface area contributed by atoms with E-state index in [0.29, 0.717) is 0 Å². The molecule has 0 aliphatic heterocycles. The minimum Gasteiger partial charge on any atom is -0.351 e. The smallest absolute Gasteiger partial charge is 0.125 e. The van der Waals surface area contributed by atoms with Gasteiger partial charge < -0.3 is 4.90 Å². The molecule has 0 fully saturated rings. The first-order valence-corrected chi connectivity index (χ1v) is 6.65. The van der Waals surface area contributed by atoms with Crippen molar-refractivity contribution in [3.8, 4) is 0 Å². The monoisotopic (exact) mass is 259 g/mol. The quantitative estimate of drug-likeness (QED) is 0.539. The molecule has 2 heteroatoms. The van der Waals surface area contributed by atoms with E-state index in [1.54, 1.807) is 12.1 Å². The van der Waals surface area contributed by atoms with Crippen LogP contribution in [-0.2, 0) is 6.42 Å². The molecule has 0 spiro atoms. The van der Waals surface area contributed by atoms with Crippen molar-refractivity contribution >= 4 is 5.69 Å². The molecule has 1 rings (SSSR count). The number of nitrogens with zero attached hydrogens (tertiary/aromatic N) is 1. The summed E-state index contributed by atoms with van der Waals surface area (Å²) in [6.07, 6.45) is 7.69. The molecule has 0 saturated carbocycles. The summed E-state index contributed by atoms with van der Waals surface area (Å²) in [4.78, 5) is 1.92. The SMILES string of the molecule is CC=C=C(C)/C=C\N(C)c1cc(F)cc(CCC)c1. The molecule has 0 atom stereocenters. The van der Waals surface area contributed by atoms with Gasteiger partial charge in [0.25, 0.3) is 0 Å². The summed E-state index contributed by atoms with van der Waals surface area (Å²) in [6, 6.07) is 5.19. The zero-order valence-corrected chi connectivity index (χ0v) is 12.2. The van der Waals surface area contributed by atoms with Crippen LogP contribution in [0.5, 0.6) is 0 Å². The van der Waals surface area contributed by atoms with Gasteiger partial charge in [-0.25, -0.2) is 4.39 Å². The first kappa shape index (κ1) is 15.3. The van der Waals surface area contributed by atoms with Crippen LogP contribution in [0.2, 0.25) is 0 Å². The zero-order chi connectivity index (χ0) is 14.3. The Morgan fingerprint density at radius 1 is 1.37 bits per heavy atom. The van der Waals surface area contributed by atoms with Crippen LogP contribution in [0.25, 0.3) is 0 Å².